The molecular formula is C19H33N7O8. The summed E-state index contributed by atoms with van der Waals surface area (Å²) in [6.45, 7) is 3.19. The van der Waals surface area contributed by atoms with Crippen LogP contribution >= 0.6 is 0 Å². The number of rotatable bonds is 15. The molecule has 0 heterocycles. The van der Waals surface area contributed by atoms with Crippen LogP contribution in [0.3, 0.4) is 0 Å². The summed E-state index contributed by atoms with van der Waals surface area (Å²) >= 11 is 0. The molecule has 0 saturated heterocycles. The lowest BCUT2D eigenvalue weighted by Gasteiger charge is -2.26. The molecule has 15 heteroatoms. The monoisotopic (exact) mass is 487 g/mol. The van der Waals surface area contributed by atoms with Crippen LogP contribution in [0.2, 0.25) is 0 Å². The van der Waals surface area contributed by atoms with Gasteiger partial charge in [-0.1, -0.05) is 20.3 Å². The molecule has 10 N–H and O–H groups in total. The quantitative estimate of drug-likeness (QED) is 0.111. The number of carboxylic acid groups (broad SMARTS) is 1. The van der Waals surface area contributed by atoms with E-state index in [2.05, 4.69) is 26.6 Å². The van der Waals surface area contributed by atoms with E-state index in [1.807, 2.05) is 0 Å². The number of hydrogen-bond acceptors (Lipinski definition) is 8. The van der Waals surface area contributed by atoms with E-state index < -0.39 is 85.0 Å². The van der Waals surface area contributed by atoms with E-state index in [1.165, 1.54) is 6.92 Å². The van der Waals surface area contributed by atoms with Crippen LogP contribution < -0.4 is 38.1 Å². The van der Waals surface area contributed by atoms with Gasteiger partial charge < -0.3 is 43.2 Å². The van der Waals surface area contributed by atoms with Gasteiger partial charge in [0.2, 0.25) is 35.4 Å². The number of nitrogens with two attached hydrogens (primary N) is 2. The number of amides is 6. The summed E-state index contributed by atoms with van der Waals surface area (Å²) in [4.78, 5) is 82.5. The summed E-state index contributed by atoms with van der Waals surface area (Å²) in [5, 5.41) is 20.1. The number of carbonyl (C=O) groups is 7. The Labute approximate surface area is 196 Å². The van der Waals surface area contributed by atoms with E-state index in [1.54, 1.807) is 13.8 Å². The zero-order chi connectivity index (χ0) is 26.4. The van der Waals surface area contributed by atoms with Crippen molar-refractivity contribution in [1.29, 1.82) is 0 Å². The van der Waals surface area contributed by atoms with Crippen LogP contribution in [0.4, 0.5) is 0 Å². The first-order valence-corrected chi connectivity index (χ1v) is 10.5. The first-order valence-electron chi connectivity index (χ1n) is 10.5. The molecule has 0 aromatic carbocycles. The van der Waals surface area contributed by atoms with Gasteiger partial charge in [-0.05, 0) is 12.8 Å². The molecule has 6 amide bonds. The van der Waals surface area contributed by atoms with Gasteiger partial charge in [0.15, 0.2) is 0 Å². The number of nitrogens with one attached hydrogen (secondary N) is 5. The van der Waals surface area contributed by atoms with E-state index in [4.69, 9.17) is 16.6 Å². The van der Waals surface area contributed by atoms with E-state index in [0.29, 0.717) is 6.42 Å². The van der Waals surface area contributed by atoms with Gasteiger partial charge in [-0.3, -0.25) is 33.6 Å². The highest BCUT2D eigenvalue weighted by atomic mass is 16.4. The van der Waals surface area contributed by atoms with Gasteiger partial charge in [-0.15, -0.1) is 0 Å². The van der Waals surface area contributed by atoms with Crippen molar-refractivity contribution in [1.82, 2.24) is 26.6 Å². The summed E-state index contributed by atoms with van der Waals surface area (Å²) in [6.07, 6.45) is -0.151. The smallest absolute Gasteiger partial charge is 0.322 e. The number of aliphatic carboxylic acids is 1. The fourth-order valence-corrected chi connectivity index (χ4v) is 2.57. The Kier molecular flexibility index (Phi) is 13.5. The second kappa shape index (κ2) is 15.2. The van der Waals surface area contributed by atoms with Gasteiger partial charge in [-0.25, -0.2) is 0 Å². The van der Waals surface area contributed by atoms with Crippen molar-refractivity contribution in [2.24, 2.45) is 17.4 Å². The predicted molar refractivity (Wildman–Crippen MR) is 117 cm³/mol. The van der Waals surface area contributed by atoms with Crippen LogP contribution in [0.1, 0.15) is 33.6 Å². The summed E-state index contributed by atoms with van der Waals surface area (Å²) in [7, 11) is 0. The van der Waals surface area contributed by atoms with E-state index >= 15 is 0 Å². The van der Waals surface area contributed by atoms with Crippen LogP contribution in [-0.4, -0.2) is 84.3 Å². The molecule has 0 aromatic heterocycles. The Morgan fingerprint density at radius 1 is 0.824 bits per heavy atom. The van der Waals surface area contributed by atoms with Crippen molar-refractivity contribution < 1.29 is 38.7 Å². The summed E-state index contributed by atoms with van der Waals surface area (Å²) in [5.41, 5.74) is 10.3. The minimum absolute atomic E-state index is 0.325. The molecule has 0 saturated carbocycles. The lowest BCUT2D eigenvalue weighted by molar-refractivity contribution is -0.139. The Morgan fingerprint density at radius 2 is 1.41 bits per heavy atom. The fourth-order valence-electron chi connectivity index (χ4n) is 2.57. The third-order valence-electron chi connectivity index (χ3n) is 4.64. The lowest BCUT2D eigenvalue weighted by Crippen LogP contribution is -2.57. The maximum absolute atomic E-state index is 12.7. The predicted octanol–water partition coefficient (Wildman–Crippen LogP) is -4.34. The van der Waals surface area contributed by atoms with Crippen LogP contribution in [0.25, 0.3) is 0 Å². The SMILES string of the molecule is CC[C@H](C)[C@H](NC(=O)[C@H](CC(N)=O)NC(=O)CNC(=O)[C@H](C)NC(=O)CN)C(=O)NCC(=O)O. The molecule has 0 rings (SSSR count). The molecule has 15 nitrogen and oxygen atoms in total. The molecule has 0 aliphatic rings. The van der Waals surface area contributed by atoms with Gasteiger partial charge in [0.25, 0.3) is 0 Å². The molecule has 0 aromatic rings. The van der Waals surface area contributed by atoms with E-state index in [-0.39, 0.29) is 6.54 Å². The highest BCUT2D eigenvalue weighted by Crippen LogP contribution is 2.09. The number of carbonyl (C=O) groups excluding carboxylic acids is 6. The minimum Gasteiger partial charge on any atom is -0.480 e. The number of primary amides is 1. The second-order valence-corrected chi connectivity index (χ2v) is 7.49. The molecule has 0 unspecified atom stereocenters. The summed E-state index contributed by atoms with van der Waals surface area (Å²) in [5.74, 6) is -6.38. The minimum atomic E-state index is -1.46. The summed E-state index contributed by atoms with van der Waals surface area (Å²) in [6, 6.07) is -3.58. The second-order valence-electron chi connectivity index (χ2n) is 7.49. The van der Waals surface area contributed by atoms with Crippen molar-refractivity contribution in [3.63, 3.8) is 0 Å². The van der Waals surface area contributed by atoms with Crippen molar-refractivity contribution in [2.45, 2.75) is 51.7 Å². The molecule has 0 radical (unpaired) electrons. The average molecular weight is 488 g/mol. The molecule has 4 atom stereocenters. The highest BCUT2D eigenvalue weighted by Gasteiger charge is 2.31. The van der Waals surface area contributed by atoms with Crippen LogP contribution in [0.5, 0.6) is 0 Å². The first kappa shape index (κ1) is 30.2. The Bertz CT molecular complexity index is 789. The van der Waals surface area contributed by atoms with Gasteiger partial charge in [0.05, 0.1) is 19.5 Å². The maximum atomic E-state index is 12.7. The summed E-state index contributed by atoms with van der Waals surface area (Å²) < 4.78 is 0. The van der Waals surface area contributed by atoms with Gasteiger partial charge >= 0.3 is 5.97 Å². The van der Waals surface area contributed by atoms with Crippen LogP contribution in [0, 0.1) is 5.92 Å². The molecule has 192 valence electrons. The van der Waals surface area contributed by atoms with Crippen LogP contribution in [0.15, 0.2) is 0 Å². The number of carboxylic acids is 1. The van der Waals surface area contributed by atoms with E-state index in [9.17, 15) is 33.6 Å². The normalized spacial score (nSPS) is 13.9. The zero-order valence-corrected chi connectivity index (χ0v) is 19.3. The van der Waals surface area contributed by atoms with Crippen molar-refractivity contribution in [2.75, 3.05) is 19.6 Å². The zero-order valence-electron chi connectivity index (χ0n) is 19.3. The first-order chi connectivity index (χ1) is 15.8. The van der Waals surface area contributed by atoms with E-state index in [0.717, 1.165) is 0 Å². The molecule has 0 aliphatic heterocycles. The Balaban J connectivity index is 5.18. The van der Waals surface area contributed by atoms with Gasteiger partial charge in [0.1, 0.15) is 24.7 Å². The van der Waals surface area contributed by atoms with Crippen molar-refractivity contribution >= 4 is 41.4 Å². The van der Waals surface area contributed by atoms with Crippen molar-refractivity contribution in [3.8, 4) is 0 Å². The molecule has 0 bridgehead atoms. The van der Waals surface area contributed by atoms with Crippen LogP contribution in [-0.2, 0) is 33.6 Å². The molecule has 0 aliphatic carbocycles. The lowest BCUT2D eigenvalue weighted by atomic mass is 9.97. The molecule has 34 heavy (non-hydrogen) atoms. The van der Waals surface area contributed by atoms with Gasteiger partial charge in [-0.2, -0.15) is 0 Å². The van der Waals surface area contributed by atoms with Gasteiger partial charge in [0, 0.05) is 0 Å². The standard InChI is InChI=1S/C19H33N7O8/c1-4-9(2)16(19(34)23-8-15(30)31)26-18(33)11(5-12(21)27)25-14(29)7-22-17(32)10(3)24-13(28)6-20/h9-11,16H,4-8,20H2,1-3H3,(H2,21,27)(H,22,32)(H,23,34)(H,24,28)(H,25,29)(H,26,33)(H,30,31)/t9-,10-,11-,16-/m0/s1. The molecule has 0 spiro atoms. The maximum Gasteiger partial charge on any atom is 0.322 e. The highest BCUT2D eigenvalue weighted by molar-refractivity contribution is 5.96. The Hall–Kier alpha value is -3.75. The number of hydrogen-bond donors (Lipinski definition) is 8. The fraction of sp³-hybridized carbons (Fsp3) is 0.632. The van der Waals surface area contributed by atoms with Crippen molar-refractivity contribution in [3.05, 3.63) is 0 Å². The average Bonchev–Trinajstić information content (AvgIpc) is 2.77. The third-order valence-corrected chi connectivity index (χ3v) is 4.64. The Morgan fingerprint density at radius 3 is 1.91 bits per heavy atom. The molecular weight excluding hydrogens is 454 g/mol. The topological polar surface area (TPSA) is 252 Å². The third kappa shape index (κ3) is 11.8. The molecule has 0 fully saturated rings. The largest absolute Gasteiger partial charge is 0.480 e.